The van der Waals surface area contributed by atoms with E-state index in [0.717, 1.165) is 12.3 Å². The fraction of sp³-hybridized carbons (Fsp3) is 0.625. The highest BCUT2D eigenvalue weighted by atomic mass is 32.2. The van der Waals surface area contributed by atoms with Crippen LogP contribution < -0.4 is 10.1 Å². The Morgan fingerprint density at radius 3 is 2.89 bits per heavy atom. The highest BCUT2D eigenvalue weighted by Gasteiger charge is 2.23. The minimum atomic E-state index is 0.288. The van der Waals surface area contributed by atoms with Gasteiger partial charge in [-0.3, -0.25) is 0 Å². The van der Waals surface area contributed by atoms with Crippen LogP contribution in [0.3, 0.4) is 0 Å². The molecule has 0 radical (unpaired) electrons. The van der Waals surface area contributed by atoms with Crippen LogP contribution in [0.2, 0.25) is 0 Å². The van der Waals surface area contributed by atoms with Gasteiger partial charge in [0.1, 0.15) is 5.75 Å². The van der Waals surface area contributed by atoms with Crippen molar-refractivity contribution >= 4 is 11.8 Å². The lowest BCUT2D eigenvalue weighted by Gasteiger charge is -2.31. The maximum atomic E-state index is 5.36. The van der Waals surface area contributed by atoms with Crippen LogP contribution in [0, 0.1) is 0 Å². The summed E-state index contributed by atoms with van der Waals surface area (Å²) in [6, 6.07) is 6.98. The predicted molar refractivity (Wildman–Crippen MR) is 84.3 cm³/mol. The van der Waals surface area contributed by atoms with Gasteiger partial charge in [-0.2, -0.15) is 11.8 Å². The second-order valence-electron chi connectivity index (χ2n) is 5.85. The summed E-state index contributed by atoms with van der Waals surface area (Å²) in [6.07, 6.45) is 5.88. The Morgan fingerprint density at radius 2 is 2.21 bits per heavy atom. The molecule has 0 heterocycles. The maximum absolute atomic E-state index is 5.36. The molecule has 19 heavy (non-hydrogen) atoms. The lowest BCUT2D eigenvalue weighted by molar-refractivity contribution is 0.406. The summed E-state index contributed by atoms with van der Waals surface area (Å²) < 4.78 is 5.65. The Balaban J connectivity index is 2.12. The van der Waals surface area contributed by atoms with Crippen LogP contribution in [0.25, 0.3) is 0 Å². The molecule has 0 amide bonds. The van der Waals surface area contributed by atoms with Gasteiger partial charge >= 0.3 is 0 Å². The number of fused-ring (bicyclic) bond motifs is 1. The Morgan fingerprint density at radius 1 is 1.42 bits per heavy atom. The number of thioether (sulfide) groups is 1. The summed E-state index contributed by atoms with van der Waals surface area (Å²) in [6.45, 7) is 5.62. The molecule has 3 heteroatoms. The quantitative estimate of drug-likeness (QED) is 0.885. The van der Waals surface area contributed by atoms with Gasteiger partial charge in [0.15, 0.2) is 0 Å². The first kappa shape index (κ1) is 14.7. The van der Waals surface area contributed by atoms with Crippen LogP contribution >= 0.6 is 11.8 Å². The molecule has 1 unspecified atom stereocenters. The average Bonchev–Trinajstić information content (AvgIpc) is 2.44. The van der Waals surface area contributed by atoms with Crippen LogP contribution in [-0.4, -0.2) is 24.7 Å². The summed E-state index contributed by atoms with van der Waals surface area (Å²) in [5, 5.41) is 3.74. The second kappa shape index (κ2) is 6.19. The van der Waals surface area contributed by atoms with Crippen molar-refractivity contribution in [1.82, 2.24) is 5.32 Å². The fourth-order valence-corrected chi connectivity index (χ4v) is 2.79. The molecule has 0 aromatic heterocycles. The van der Waals surface area contributed by atoms with Crippen molar-refractivity contribution in [2.75, 3.05) is 19.9 Å². The van der Waals surface area contributed by atoms with Crippen molar-refractivity contribution in [2.45, 2.75) is 43.9 Å². The van der Waals surface area contributed by atoms with Gasteiger partial charge in [0, 0.05) is 17.3 Å². The number of methoxy groups -OCH3 is 1. The number of aryl methyl sites for hydroxylation is 1. The molecule has 0 fully saturated rings. The minimum Gasteiger partial charge on any atom is -0.497 e. The molecule has 2 rings (SSSR count). The number of nitrogens with one attached hydrogen (secondary N) is 1. The normalized spacial score (nSPS) is 19.1. The molecule has 106 valence electrons. The van der Waals surface area contributed by atoms with Gasteiger partial charge in [-0.25, -0.2) is 0 Å². The summed E-state index contributed by atoms with van der Waals surface area (Å²) >= 11 is 1.92. The zero-order valence-electron chi connectivity index (χ0n) is 12.5. The molecule has 0 bridgehead atoms. The maximum Gasteiger partial charge on any atom is 0.119 e. The van der Waals surface area contributed by atoms with Gasteiger partial charge in [-0.1, -0.05) is 6.07 Å². The standard InChI is InChI=1S/C16H25NOS/c1-16(2,19-4)11-17-15-7-5-6-12-8-9-13(18-3)10-14(12)15/h8-10,15,17H,5-7,11H2,1-4H3. The lowest BCUT2D eigenvalue weighted by atomic mass is 9.87. The molecule has 1 aromatic carbocycles. The fourth-order valence-electron chi connectivity index (χ4n) is 2.56. The van der Waals surface area contributed by atoms with E-state index in [1.807, 2.05) is 11.8 Å². The molecule has 1 aliphatic carbocycles. The van der Waals surface area contributed by atoms with Crippen molar-refractivity contribution in [3.05, 3.63) is 29.3 Å². The van der Waals surface area contributed by atoms with Crippen LogP contribution in [-0.2, 0) is 6.42 Å². The number of hydrogen-bond acceptors (Lipinski definition) is 3. The molecule has 1 atom stereocenters. The smallest absolute Gasteiger partial charge is 0.119 e. The monoisotopic (exact) mass is 279 g/mol. The van der Waals surface area contributed by atoms with Crippen LogP contribution in [0.5, 0.6) is 5.75 Å². The molecular weight excluding hydrogens is 254 g/mol. The van der Waals surface area contributed by atoms with E-state index in [0.29, 0.717) is 6.04 Å². The molecule has 0 spiro atoms. The summed E-state index contributed by atoms with van der Waals surface area (Å²) in [5.74, 6) is 0.969. The van der Waals surface area contributed by atoms with E-state index in [4.69, 9.17) is 4.74 Å². The van der Waals surface area contributed by atoms with Gasteiger partial charge in [0.2, 0.25) is 0 Å². The molecule has 2 nitrogen and oxygen atoms in total. The highest BCUT2D eigenvalue weighted by molar-refractivity contribution is 7.99. The van der Waals surface area contributed by atoms with Gasteiger partial charge in [-0.05, 0) is 62.6 Å². The summed E-state index contributed by atoms with van der Waals surface area (Å²) in [5.41, 5.74) is 2.91. The summed E-state index contributed by atoms with van der Waals surface area (Å²) in [7, 11) is 1.74. The number of rotatable bonds is 5. The number of benzene rings is 1. The molecular formula is C16H25NOS. The van der Waals surface area contributed by atoms with Crippen molar-refractivity contribution in [1.29, 1.82) is 0 Å². The first-order valence-corrected chi connectivity index (χ1v) is 8.23. The highest BCUT2D eigenvalue weighted by Crippen LogP contribution is 2.33. The second-order valence-corrected chi connectivity index (χ2v) is 7.37. The van der Waals surface area contributed by atoms with Crippen molar-refractivity contribution < 1.29 is 4.74 Å². The Labute approximate surface area is 121 Å². The minimum absolute atomic E-state index is 0.288. The Hall–Kier alpha value is -0.670. The van der Waals surface area contributed by atoms with E-state index >= 15 is 0 Å². The Kier molecular flexibility index (Phi) is 4.80. The van der Waals surface area contributed by atoms with Crippen molar-refractivity contribution in [3.8, 4) is 5.75 Å². The van der Waals surface area contributed by atoms with Crippen LogP contribution in [0.15, 0.2) is 18.2 Å². The van der Waals surface area contributed by atoms with Crippen LogP contribution in [0.1, 0.15) is 43.9 Å². The zero-order chi connectivity index (χ0) is 13.9. The van der Waals surface area contributed by atoms with Gasteiger partial charge in [0.05, 0.1) is 7.11 Å². The third kappa shape index (κ3) is 3.67. The van der Waals surface area contributed by atoms with E-state index in [1.165, 1.54) is 30.4 Å². The van der Waals surface area contributed by atoms with Gasteiger partial charge < -0.3 is 10.1 Å². The molecule has 0 aliphatic heterocycles. The van der Waals surface area contributed by atoms with E-state index in [-0.39, 0.29) is 4.75 Å². The predicted octanol–water partition coefficient (Wildman–Crippen LogP) is 3.80. The van der Waals surface area contributed by atoms with E-state index in [9.17, 15) is 0 Å². The average molecular weight is 279 g/mol. The van der Waals surface area contributed by atoms with Crippen LogP contribution in [0.4, 0.5) is 0 Å². The molecule has 1 aliphatic rings. The summed E-state index contributed by atoms with van der Waals surface area (Å²) in [4.78, 5) is 0. The van der Waals surface area contributed by atoms with Crippen molar-refractivity contribution in [3.63, 3.8) is 0 Å². The largest absolute Gasteiger partial charge is 0.497 e. The number of ether oxygens (including phenoxy) is 1. The Bertz CT molecular complexity index is 431. The topological polar surface area (TPSA) is 21.3 Å². The van der Waals surface area contributed by atoms with E-state index < -0.39 is 0 Å². The first-order chi connectivity index (χ1) is 9.05. The zero-order valence-corrected chi connectivity index (χ0v) is 13.3. The molecule has 1 N–H and O–H groups in total. The molecule has 0 saturated heterocycles. The SMILES string of the molecule is COc1ccc2c(c1)C(NCC(C)(C)SC)CCC2. The number of hydrogen-bond donors (Lipinski definition) is 1. The van der Waals surface area contributed by atoms with Gasteiger partial charge in [0.25, 0.3) is 0 Å². The van der Waals surface area contributed by atoms with Gasteiger partial charge in [-0.15, -0.1) is 0 Å². The third-order valence-corrected chi connectivity index (χ3v) is 5.24. The lowest BCUT2D eigenvalue weighted by Crippen LogP contribution is -2.35. The first-order valence-electron chi connectivity index (χ1n) is 7.01. The van der Waals surface area contributed by atoms with E-state index in [1.54, 1.807) is 7.11 Å². The van der Waals surface area contributed by atoms with E-state index in [2.05, 4.69) is 43.6 Å². The third-order valence-electron chi connectivity index (χ3n) is 3.99. The van der Waals surface area contributed by atoms with Crippen molar-refractivity contribution in [2.24, 2.45) is 0 Å². The molecule has 1 aromatic rings. The molecule has 0 saturated carbocycles.